The Labute approximate surface area is 238 Å². The maximum atomic E-state index is 6.65. The van der Waals surface area contributed by atoms with Crippen molar-refractivity contribution in [3.63, 3.8) is 0 Å². The molecule has 6 aromatic rings. The number of ether oxygens (including phenoxy) is 2. The number of aromatic amines is 1. The van der Waals surface area contributed by atoms with Crippen LogP contribution in [0, 0.1) is 0 Å². The second-order valence-corrected chi connectivity index (χ2v) is 9.75. The molecule has 1 aromatic heterocycles. The number of nitrogens with one attached hydrogen (secondary N) is 1. The van der Waals surface area contributed by atoms with Gasteiger partial charge in [-0.05, 0) is 58.7 Å². The molecular weight excluding hydrogens is 516 g/mol. The molecule has 0 saturated heterocycles. The number of H-pyrrole nitrogens is 1. The third-order valence-corrected chi connectivity index (χ3v) is 7.30. The van der Waals surface area contributed by atoms with Crippen molar-refractivity contribution in [3.8, 4) is 67.7 Å². The molecule has 5 heteroatoms. The summed E-state index contributed by atoms with van der Waals surface area (Å²) in [5.74, 6) is 2.31. The topological polar surface area (TPSA) is 47.1 Å². The first-order chi connectivity index (χ1) is 19.7. The van der Waals surface area contributed by atoms with Crippen LogP contribution in [-0.4, -0.2) is 24.2 Å². The molecule has 1 N–H and O–H groups in total. The number of imidazole rings is 1. The van der Waals surface area contributed by atoms with Crippen molar-refractivity contribution in [3.05, 3.63) is 126 Å². The van der Waals surface area contributed by atoms with Crippen LogP contribution in [0.4, 0.5) is 0 Å². The Morgan fingerprint density at radius 3 is 1.62 bits per heavy atom. The van der Waals surface area contributed by atoms with Crippen molar-refractivity contribution in [2.75, 3.05) is 14.2 Å². The molecule has 0 saturated carbocycles. The number of hydrogen-bond donors (Lipinski definition) is 1. The van der Waals surface area contributed by atoms with Crippen molar-refractivity contribution in [2.45, 2.75) is 0 Å². The van der Waals surface area contributed by atoms with Crippen LogP contribution < -0.4 is 9.47 Å². The quantitative estimate of drug-likeness (QED) is 0.218. The smallest absolute Gasteiger partial charge is 0.140 e. The lowest BCUT2D eigenvalue weighted by molar-refractivity contribution is 0.415. The van der Waals surface area contributed by atoms with E-state index in [1.54, 1.807) is 14.2 Å². The van der Waals surface area contributed by atoms with Crippen LogP contribution in [0.5, 0.6) is 11.5 Å². The second kappa shape index (κ2) is 11.1. The molecule has 0 aliphatic heterocycles. The average molecular weight is 543 g/mol. The van der Waals surface area contributed by atoms with Gasteiger partial charge in [0.05, 0.1) is 30.6 Å². The van der Waals surface area contributed by atoms with Gasteiger partial charge in [-0.25, -0.2) is 4.98 Å². The number of nitrogens with zero attached hydrogens (tertiary/aromatic N) is 1. The molecule has 0 unspecified atom stereocenters. The maximum absolute atomic E-state index is 6.65. The third kappa shape index (κ3) is 4.86. The fourth-order valence-corrected chi connectivity index (χ4v) is 5.24. The number of aromatic nitrogens is 2. The van der Waals surface area contributed by atoms with E-state index in [0.717, 1.165) is 61.8 Å². The van der Waals surface area contributed by atoms with Gasteiger partial charge in [-0.15, -0.1) is 0 Å². The Balaban J connectivity index is 1.62. The van der Waals surface area contributed by atoms with Gasteiger partial charge in [0.1, 0.15) is 17.3 Å². The predicted octanol–water partition coefficient (Wildman–Crippen LogP) is 9.42. The Morgan fingerprint density at radius 2 is 1.05 bits per heavy atom. The van der Waals surface area contributed by atoms with E-state index in [1.807, 2.05) is 84.9 Å². The van der Waals surface area contributed by atoms with Crippen molar-refractivity contribution < 1.29 is 9.47 Å². The molecule has 0 spiro atoms. The highest BCUT2D eigenvalue weighted by Crippen LogP contribution is 2.42. The minimum Gasteiger partial charge on any atom is -0.497 e. The van der Waals surface area contributed by atoms with Crippen LogP contribution in [0.25, 0.3) is 56.2 Å². The van der Waals surface area contributed by atoms with Crippen LogP contribution in [0.3, 0.4) is 0 Å². The molecule has 0 aliphatic rings. The van der Waals surface area contributed by atoms with E-state index in [1.165, 1.54) is 0 Å². The highest BCUT2D eigenvalue weighted by atomic mass is 35.5. The number of hydrogen-bond acceptors (Lipinski definition) is 3. The molecule has 196 valence electrons. The summed E-state index contributed by atoms with van der Waals surface area (Å²) >= 11 is 6.65. The summed E-state index contributed by atoms with van der Waals surface area (Å²) < 4.78 is 11.1. The summed E-state index contributed by atoms with van der Waals surface area (Å²) in [4.78, 5) is 8.83. The lowest BCUT2D eigenvalue weighted by Gasteiger charge is -2.14. The molecule has 1 heterocycles. The first-order valence-corrected chi connectivity index (χ1v) is 13.4. The Morgan fingerprint density at radius 1 is 0.550 bits per heavy atom. The van der Waals surface area contributed by atoms with Crippen molar-refractivity contribution >= 4 is 11.6 Å². The molecule has 0 bridgehead atoms. The molecule has 0 fully saturated rings. The monoisotopic (exact) mass is 542 g/mol. The van der Waals surface area contributed by atoms with Gasteiger partial charge in [-0.3, -0.25) is 0 Å². The lowest BCUT2D eigenvalue weighted by Crippen LogP contribution is -1.91. The normalized spacial score (nSPS) is 10.9. The van der Waals surface area contributed by atoms with Gasteiger partial charge in [0.15, 0.2) is 0 Å². The molecule has 4 nitrogen and oxygen atoms in total. The average Bonchev–Trinajstić information content (AvgIpc) is 3.46. The first kappa shape index (κ1) is 25.5. The van der Waals surface area contributed by atoms with E-state index in [4.69, 9.17) is 26.1 Å². The summed E-state index contributed by atoms with van der Waals surface area (Å²) in [6, 6.07) is 40.6. The largest absolute Gasteiger partial charge is 0.497 e. The van der Waals surface area contributed by atoms with Gasteiger partial charge >= 0.3 is 0 Å². The van der Waals surface area contributed by atoms with Gasteiger partial charge in [0.2, 0.25) is 0 Å². The molecule has 0 radical (unpaired) electrons. The standard InChI is InChI=1S/C35H27ClN2O2/c1-39-25-13-9-11-23(21-25)27-15-3-5-17-29(27)33-34(38-35(37-33)31-19-7-8-20-32(31)36)30-18-6-4-16-28(30)24-12-10-14-26(22-24)40-2/h3-22H,1-2H3,(H,37,38). The maximum Gasteiger partial charge on any atom is 0.140 e. The fraction of sp³-hybridized carbons (Fsp3) is 0.0571. The van der Waals surface area contributed by atoms with Gasteiger partial charge in [0.25, 0.3) is 0 Å². The van der Waals surface area contributed by atoms with Gasteiger partial charge in [0, 0.05) is 16.7 Å². The van der Waals surface area contributed by atoms with Gasteiger partial charge in [-0.1, -0.05) is 96.5 Å². The minimum atomic E-state index is 0.636. The molecule has 0 aliphatic carbocycles. The van der Waals surface area contributed by atoms with Crippen molar-refractivity contribution in [2.24, 2.45) is 0 Å². The van der Waals surface area contributed by atoms with Gasteiger partial charge < -0.3 is 14.5 Å². The van der Waals surface area contributed by atoms with E-state index in [9.17, 15) is 0 Å². The van der Waals surface area contributed by atoms with E-state index < -0.39 is 0 Å². The second-order valence-electron chi connectivity index (χ2n) is 9.34. The Bertz CT molecular complexity index is 1700. The molecule has 5 aromatic carbocycles. The van der Waals surface area contributed by atoms with Crippen molar-refractivity contribution in [1.29, 1.82) is 0 Å². The zero-order valence-electron chi connectivity index (χ0n) is 22.2. The molecule has 40 heavy (non-hydrogen) atoms. The highest BCUT2D eigenvalue weighted by molar-refractivity contribution is 6.33. The third-order valence-electron chi connectivity index (χ3n) is 6.97. The lowest BCUT2D eigenvalue weighted by atomic mass is 9.92. The zero-order chi connectivity index (χ0) is 27.5. The Kier molecular flexibility index (Phi) is 7.09. The van der Waals surface area contributed by atoms with Crippen LogP contribution >= 0.6 is 11.6 Å². The van der Waals surface area contributed by atoms with Crippen molar-refractivity contribution in [1.82, 2.24) is 9.97 Å². The number of benzene rings is 5. The Hall–Kier alpha value is -4.80. The summed E-state index contributed by atoms with van der Waals surface area (Å²) in [6.45, 7) is 0. The van der Waals surface area contributed by atoms with Crippen LogP contribution in [-0.2, 0) is 0 Å². The highest BCUT2D eigenvalue weighted by Gasteiger charge is 2.21. The summed E-state index contributed by atoms with van der Waals surface area (Å²) in [5.41, 5.74) is 8.83. The molecule has 0 amide bonds. The number of methoxy groups -OCH3 is 2. The minimum absolute atomic E-state index is 0.636. The fourth-order valence-electron chi connectivity index (χ4n) is 5.02. The predicted molar refractivity (Wildman–Crippen MR) is 164 cm³/mol. The SMILES string of the molecule is COc1cccc(-c2ccccc2-c2nc(-c3ccccc3Cl)[nH]c2-c2ccccc2-c2cccc(OC)c2)c1. The number of rotatable bonds is 7. The summed E-state index contributed by atoms with van der Waals surface area (Å²) in [7, 11) is 3.37. The molecular formula is C35H27ClN2O2. The van der Waals surface area contributed by atoms with E-state index in [-0.39, 0.29) is 0 Å². The summed E-state index contributed by atoms with van der Waals surface area (Å²) in [6.07, 6.45) is 0. The number of halogens is 1. The van der Waals surface area contributed by atoms with E-state index in [0.29, 0.717) is 10.8 Å². The molecule has 6 rings (SSSR count). The first-order valence-electron chi connectivity index (χ1n) is 13.0. The van der Waals surface area contributed by atoms with E-state index in [2.05, 4.69) is 41.4 Å². The van der Waals surface area contributed by atoms with Crippen LogP contribution in [0.15, 0.2) is 121 Å². The van der Waals surface area contributed by atoms with Crippen LogP contribution in [0.2, 0.25) is 5.02 Å². The molecule has 0 atom stereocenters. The van der Waals surface area contributed by atoms with Crippen LogP contribution in [0.1, 0.15) is 0 Å². The van der Waals surface area contributed by atoms with Gasteiger partial charge in [-0.2, -0.15) is 0 Å². The summed E-state index contributed by atoms with van der Waals surface area (Å²) in [5, 5.41) is 0.636. The van der Waals surface area contributed by atoms with E-state index >= 15 is 0 Å². The zero-order valence-corrected chi connectivity index (χ0v) is 22.9.